The third-order valence-corrected chi connectivity index (χ3v) is 5.53. The SMILES string of the molecule is CC1CCCC(S(=O)CC(=O)Nc2cccc(C#N)c2)C1. The van der Waals surface area contributed by atoms with Crippen molar-refractivity contribution in [1.82, 2.24) is 0 Å². The fourth-order valence-electron chi connectivity index (χ4n) is 2.73. The van der Waals surface area contributed by atoms with E-state index in [1.165, 1.54) is 6.42 Å². The summed E-state index contributed by atoms with van der Waals surface area (Å²) in [5, 5.41) is 11.7. The van der Waals surface area contributed by atoms with Gasteiger partial charge < -0.3 is 5.32 Å². The minimum absolute atomic E-state index is 0.0359. The minimum Gasteiger partial charge on any atom is -0.325 e. The number of hydrogen-bond donors (Lipinski definition) is 1. The van der Waals surface area contributed by atoms with Crippen molar-refractivity contribution in [2.24, 2.45) is 5.92 Å². The molecule has 5 heteroatoms. The van der Waals surface area contributed by atoms with Crippen molar-refractivity contribution in [2.75, 3.05) is 11.1 Å². The maximum Gasteiger partial charge on any atom is 0.237 e. The lowest BCUT2D eigenvalue weighted by Crippen LogP contribution is -2.29. The number of carbonyl (C=O) groups excluding carboxylic acids is 1. The Morgan fingerprint density at radius 1 is 1.48 bits per heavy atom. The van der Waals surface area contributed by atoms with Gasteiger partial charge in [-0.1, -0.05) is 25.8 Å². The average Bonchev–Trinajstić information content (AvgIpc) is 2.47. The normalized spacial score (nSPS) is 23.0. The highest BCUT2D eigenvalue weighted by Gasteiger charge is 2.25. The molecule has 1 aromatic rings. The number of hydrogen-bond acceptors (Lipinski definition) is 3. The molecule has 0 aromatic heterocycles. The number of nitriles is 1. The number of rotatable bonds is 4. The first-order chi connectivity index (χ1) is 10.1. The second-order valence-corrected chi connectivity index (χ2v) is 7.38. The zero-order valence-electron chi connectivity index (χ0n) is 12.2. The van der Waals surface area contributed by atoms with E-state index in [4.69, 9.17) is 5.26 Å². The second-order valence-electron chi connectivity index (χ2n) is 5.66. The number of benzene rings is 1. The van der Waals surface area contributed by atoms with E-state index in [0.29, 0.717) is 17.2 Å². The van der Waals surface area contributed by atoms with Gasteiger partial charge in [0.1, 0.15) is 5.75 Å². The molecule has 1 aliphatic carbocycles. The van der Waals surface area contributed by atoms with Crippen LogP contribution in [0.3, 0.4) is 0 Å². The van der Waals surface area contributed by atoms with Gasteiger partial charge in [-0.25, -0.2) is 0 Å². The van der Waals surface area contributed by atoms with Crippen LogP contribution in [-0.4, -0.2) is 21.1 Å². The van der Waals surface area contributed by atoms with Gasteiger partial charge in [0.2, 0.25) is 5.91 Å². The summed E-state index contributed by atoms with van der Waals surface area (Å²) in [6.45, 7) is 2.18. The van der Waals surface area contributed by atoms with E-state index >= 15 is 0 Å². The van der Waals surface area contributed by atoms with Crippen molar-refractivity contribution in [1.29, 1.82) is 5.26 Å². The Balaban J connectivity index is 1.89. The quantitative estimate of drug-likeness (QED) is 0.930. The molecule has 21 heavy (non-hydrogen) atoms. The maximum absolute atomic E-state index is 12.3. The Labute approximate surface area is 128 Å². The number of nitrogens with zero attached hydrogens (tertiary/aromatic N) is 1. The van der Waals surface area contributed by atoms with E-state index in [9.17, 15) is 9.00 Å². The van der Waals surface area contributed by atoms with Crippen LogP contribution < -0.4 is 5.32 Å². The smallest absolute Gasteiger partial charge is 0.237 e. The topological polar surface area (TPSA) is 70.0 Å². The highest BCUT2D eigenvalue weighted by atomic mass is 32.2. The molecular weight excluding hydrogens is 284 g/mol. The molecule has 1 amide bonds. The molecule has 0 saturated heterocycles. The van der Waals surface area contributed by atoms with Crippen molar-refractivity contribution in [2.45, 2.75) is 37.9 Å². The number of carbonyl (C=O) groups is 1. The van der Waals surface area contributed by atoms with Crippen LogP contribution in [0, 0.1) is 17.2 Å². The van der Waals surface area contributed by atoms with Crippen molar-refractivity contribution >= 4 is 22.4 Å². The van der Waals surface area contributed by atoms with Crippen molar-refractivity contribution in [3.05, 3.63) is 29.8 Å². The Morgan fingerprint density at radius 2 is 2.29 bits per heavy atom. The van der Waals surface area contributed by atoms with Crippen LogP contribution in [0.5, 0.6) is 0 Å². The van der Waals surface area contributed by atoms with Crippen LogP contribution in [0.4, 0.5) is 5.69 Å². The highest BCUT2D eigenvalue weighted by molar-refractivity contribution is 7.86. The summed E-state index contributed by atoms with van der Waals surface area (Å²) in [5.41, 5.74) is 1.07. The molecule has 3 unspecified atom stereocenters. The molecule has 0 heterocycles. The Bertz CT molecular complexity index is 580. The molecule has 1 saturated carbocycles. The van der Waals surface area contributed by atoms with Crippen LogP contribution in [0.25, 0.3) is 0 Å². The third kappa shape index (κ3) is 4.68. The van der Waals surface area contributed by atoms with Crippen LogP contribution in [0.15, 0.2) is 24.3 Å². The molecule has 0 aliphatic heterocycles. The summed E-state index contributed by atoms with van der Waals surface area (Å²) in [6, 6.07) is 8.76. The first kappa shape index (κ1) is 15.7. The number of nitrogens with one attached hydrogen (secondary N) is 1. The number of anilines is 1. The summed E-state index contributed by atoms with van der Waals surface area (Å²) in [5.74, 6) is 0.387. The molecule has 0 spiro atoms. The van der Waals surface area contributed by atoms with E-state index in [2.05, 4.69) is 12.2 Å². The fraction of sp³-hybridized carbons (Fsp3) is 0.500. The standard InChI is InChI=1S/C16H20N2O2S/c1-12-4-2-7-15(8-12)21(20)11-16(19)18-14-6-3-5-13(9-14)10-17/h3,5-6,9,12,15H,2,4,7-8,11H2,1H3,(H,18,19). The van der Waals surface area contributed by atoms with E-state index in [0.717, 1.165) is 19.3 Å². The van der Waals surface area contributed by atoms with E-state index in [-0.39, 0.29) is 16.9 Å². The second kappa shape index (κ2) is 7.37. The predicted octanol–water partition coefficient (Wildman–Crippen LogP) is 2.82. The molecule has 2 rings (SSSR count). The average molecular weight is 304 g/mol. The monoisotopic (exact) mass is 304 g/mol. The van der Waals surface area contributed by atoms with Crippen molar-refractivity contribution < 1.29 is 9.00 Å². The minimum atomic E-state index is -1.12. The first-order valence-corrected chi connectivity index (χ1v) is 8.64. The van der Waals surface area contributed by atoms with Crippen LogP contribution >= 0.6 is 0 Å². The molecule has 1 N–H and O–H groups in total. The third-order valence-electron chi connectivity index (χ3n) is 3.81. The van der Waals surface area contributed by atoms with Gasteiger partial charge in [0, 0.05) is 21.7 Å². The summed E-state index contributed by atoms with van der Waals surface area (Å²) in [4.78, 5) is 12.0. The molecule has 4 nitrogen and oxygen atoms in total. The lowest BCUT2D eigenvalue weighted by atomic mass is 9.91. The van der Waals surface area contributed by atoms with Gasteiger partial charge >= 0.3 is 0 Å². The Kier molecular flexibility index (Phi) is 5.51. The first-order valence-electron chi connectivity index (χ1n) is 7.25. The van der Waals surface area contributed by atoms with Crippen LogP contribution in [0.2, 0.25) is 0 Å². The van der Waals surface area contributed by atoms with Gasteiger partial charge in [0.15, 0.2) is 0 Å². The lowest BCUT2D eigenvalue weighted by molar-refractivity contribution is -0.113. The van der Waals surface area contributed by atoms with Crippen LogP contribution in [0.1, 0.15) is 38.2 Å². The van der Waals surface area contributed by atoms with Gasteiger partial charge in [-0.15, -0.1) is 0 Å². The molecule has 1 aromatic carbocycles. The van der Waals surface area contributed by atoms with E-state index < -0.39 is 10.8 Å². The Morgan fingerprint density at radius 3 is 3.00 bits per heavy atom. The van der Waals surface area contributed by atoms with Gasteiger partial charge in [-0.05, 0) is 37.0 Å². The maximum atomic E-state index is 12.3. The van der Waals surface area contributed by atoms with Gasteiger partial charge in [-0.2, -0.15) is 5.26 Å². The fourth-order valence-corrected chi connectivity index (χ4v) is 4.27. The zero-order chi connectivity index (χ0) is 15.2. The highest BCUT2D eigenvalue weighted by Crippen LogP contribution is 2.27. The predicted molar refractivity (Wildman–Crippen MR) is 84.2 cm³/mol. The molecule has 1 fully saturated rings. The molecule has 3 atom stereocenters. The van der Waals surface area contributed by atoms with E-state index in [1.807, 2.05) is 6.07 Å². The molecule has 0 bridgehead atoms. The van der Waals surface area contributed by atoms with Crippen molar-refractivity contribution in [3.63, 3.8) is 0 Å². The lowest BCUT2D eigenvalue weighted by Gasteiger charge is -2.25. The number of amides is 1. The molecule has 1 aliphatic rings. The van der Waals surface area contributed by atoms with Gasteiger partial charge in [0.05, 0.1) is 11.6 Å². The summed E-state index contributed by atoms with van der Waals surface area (Å²) >= 11 is 0. The van der Waals surface area contributed by atoms with Crippen LogP contribution in [-0.2, 0) is 15.6 Å². The van der Waals surface area contributed by atoms with Crippen molar-refractivity contribution in [3.8, 4) is 6.07 Å². The van der Waals surface area contributed by atoms with E-state index in [1.54, 1.807) is 24.3 Å². The molecule has 112 valence electrons. The summed E-state index contributed by atoms with van der Waals surface area (Å²) in [7, 11) is -1.12. The molecular formula is C16H20N2O2S. The summed E-state index contributed by atoms with van der Waals surface area (Å²) in [6.07, 6.45) is 4.20. The molecule has 0 radical (unpaired) electrons. The zero-order valence-corrected chi connectivity index (χ0v) is 13.0. The summed E-state index contributed by atoms with van der Waals surface area (Å²) < 4.78 is 12.3. The van der Waals surface area contributed by atoms with Gasteiger partial charge in [0.25, 0.3) is 0 Å². The van der Waals surface area contributed by atoms with Gasteiger partial charge in [-0.3, -0.25) is 9.00 Å². The largest absolute Gasteiger partial charge is 0.325 e. The Hall–Kier alpha value is -1.67.